The molecule has 0 heterocycles. The average Bonchev–Trinajstić information content (AvgIpc) is 3.26. The zero-order chi connectivity index (χ0) is 25.8. The van der Waals surface area contributed by atoms with Crippen molar-refractivity contribution >= 4 is 11.8 Å². The van der Waals surface area contributed by atoms with Crippen LogP contribution in [0, 0.1) is 68.0 Å². The van der Waals surface area contributed by atoms with Crippen LogP contribution in [-0.4, -0.2) is 18.9 Å². The second-order valence-electron chi connectivity index (χ2n) is 14.2. The van der Waals surface area contributed by atoms with Gasteiger partial charge < -0.3 is 4.74 Å². The lowest BCUT2D eigenvalue weighted by atomic mass is 9.34. The minimum Gasteiger partial charge on any atom is -0.469 e. The Labute approximate surface area is 212 Å². The molecule has 0 aromatic carbocycles. The van der Waals surface area contributed by atoms with E-state index in [1.807, 2.05) is 0 Å². The molecular weight excluding hydrogens is 434 g/mol. The highest BCUT2D eigenvalue weighted by molar-refractivity contribution is 5.84. The number of nitrogens with zero attached hydrogens (tertiary/aromatic N) is 1. The summed E-state index contributed by atoms with van der Waals surface area (Å²) in [5.74, 6) is 1.50. The fraction of sp³-hybridized carbons (Fsp3) is 0.839. The van der Waals surface area contributed by atoms with Crippen molar-refractivity contribution in [3.63, 3.8) is 0 Å². The first kappa shape index (κ1) is 25.0. The van der Waals surface area contributed by atoms with Gasteiger partial charge in [0, 0.05) is 16.9 Å². The van der Waals surface area contributed by atoms with Crippen LogP contribution in [0.2, 0.25) is 0 Å². The standard InChI is InChI=1S/C31H45NO3/c1-18-22(17-32)30(7)23(27(18,3)4)12-13-29(6)24(30)10-9-21-25-20(19(2)33)11-14-31(25,26(34)35-8)16-15-28(21,29)5/h20-21,23-25H,9-16H2,1-8H3/t20-,21+,23-,24-,25+,28+,29+,30-,31-/m0/s1. The Kier molecular flexibility index (Phi) is 5.33. The number of methoxy groups -OCH3 is 1. The van der Waals surface area contributed by atoms with Crippen LogP contribution >= 0.6 is 0 Å². The van der Waals surface area contributed by atoms with Crippen molar-refractivity contribution in [2.75, 3.05) is 7.11 Å². The Balaban J connectivity index is 1.62. The van der Waals surface area contributed by atoms with Crippen molar-refractivity contribution in [1.82, 2.24) is 0 Å². The van der Waals surface area contributed by atoms with Crippen molar-refractivity contribution in [1.29, 1.82) is 5.26 Å². The van der Waals surface area contributed by atoms with Crippen molar-refractivity contribution in [2.24, 2.45) is 56.7 Å². The first-order valence-corrected chi connectivity index (χ1v) is 14.0. The maximum absolute atomic E-state index is 13.3. The lowest BCUT2D eigenvalue weighted by molar-refractivity contribution is -0.219. The number of carbonyl (C=O) groups excluding carboxylic acids is 2. The number of rotatable bonds is 2. The Morgan fingerprint density at radius 1 is 0.914 bits per heavy atom. The van der Waals surface area contributed by atoms with E-state index in [1.54, 1.807) is 6.92 Å². The number of ketones is 1. The van der Waals surface area contributed by atoms with Gasteiger partial charge in [0.2, 0.25) is 0 Å². The van der Waals surface area contributed by atoms with Crippen LogP contribution in [0.1, 0.15) is 99.8 Å². The van der Waals surface area contributed by atoms with Gasteiger partial charge in [0.25, 0.3) is 0 Å². The fourth-order valence-corrected chi connectivity index (χ4v) is 11.5. The minimum absolute atomic E-state index is 0.0342. The zero-order valence-electron chi connectivity index (χ0n) is 23.2. The molecule has 0 spiro atoms. The lowest BCUT2D eigenvalue weighted by Gasteiger charge is -2.70. The summed E-state index contributed by atoms with van der Waals surface area (Å²) in [6.07, 6.45) is 7.88. The van der Waals surface area contributed by atoms with Crippen molar-refractivity contribution < 1.29 is 14.3 Å². The molecule has 0 amide bonds. The molecule has 0 aromatic heterocycles. The van der Waals surface area contributed by atoms with Gasteiger partial charge in [-0.1, -0.05) is 40.2 Å². The van der Waals surface area contributed by atoms with Gasteiger partial charge in [-0.2, -0.15) is 5.26 Å². The van der Waals surface area contributed by atoms with Gasteiger partial charge in [0.15, 0.2) is 0 Å². The Bertz CT molecular complexity index is 1050. The smallest absolute Gasteiger partial charge is 0.312 e. The molecule has 0 aliphatic heterocycles. The van der Waals surface area contributed by atoms with Gasteiger partial charge in [0.1, 0.15) is 5.78 Å². The molecule has 4 fully saturated rings. The van der Waals surface area contributed by atoms with E-state index in [1.165, 1.54) is 19.1 Å². The molecule has 9 atom stereocenters. The molecule has 4 saturated carbocycles. The summed E-state index contributed by atoms with van der Waals surface area (Å²) in [6.45, 7) is 16.1. The number of hydrogen-bond donors (Lipinski definition) is 0. The summed E-state index contributed by atoms with van der Waals surface area (Å²) in [6, 6.07) is 2.71. The van der Waals surface area contributed by atoms with E-state index >= 15 is 0 Å². The normalized spacial score (nSPS) is 49.9. The van der Waals surface area contributed by atoms with Crippen LogP contribution in [0.3, 0.4) is 0 Å². The molecule has 4 heteroatoms. The van der Waals surface area contributed by atoms with Crippen LogP contribution in [0.25, 0.3) is 0 Å². The van der Waals surface area contributed by atoms with Crippen LogP contribution in [0.4, 0.5) is 0 Å². The molecule has 192 valence electrons. The summed E-state index contributed by atoms with van der Waals surface area (Å²) in [7, 11) is 1.52. The van der Waals surface area contributed by atoms with E-state index < -0.39 is 5.41 Å². The molecule has 0 unspecified atom stereocenters. The predicted octanol–water partition coefficient (Wildman–Crippen LogP) is 6.89. The summed E-state index contributed by atoms with van der Waals surface area (Å²) < 4.78 is 5.41. The van der Waals surface area contributed by atoms with Gasteiger partial charge in [-0.3, -0.25) is 9.59 Å². The van der Waals surface area contributed by atoms with Crippen LogP contribution in [0.5, 0.6) is 0 Å². The van der Waals surface area contributed by atoms with E-state index in [2.05, 4.69) is 47.6 Å². The van der Waals surface area contributed by atoms with Gasteiger partial charge >= 0.3 is 5.97 Å². The summed E-state index contributed by atoms with van der Waals surface area (Å²) in [4.78, 5) is 26.2. The number of hydrogen-bond acceptors (Lipinski definition) is 4. The van der Waals surface area contributed by atoms with Gasteiger partial charge in [-0.05, 0) is 105 Å². The number of ether oxygens (including phenoxy) is 1. The molecule has 0 saturated heterocycles. The Morgan fingerprint density at radius 2 is 1.60 bits per heavy atom. The zero-order valence-corrected chi connectivity index (χ0v) is 23.2. The third-order valence-corrected chi connectivity index (χ3v) is 13.5. The van der Waals surface area contributed by atoms with Crippen LogP contribution in [0.15, 0.2) is 11.1 Å². The Morgan fingerprint density at radius 3 is 2.20 bits per heavy atom. The SMILES string of the molecule is COC(=O)[C@]12CC[C@@H](C(C)=O)[C@@H]1[C@H]1CC[C@@H]3[C@@]4(C)C(C#N)=C(C)C(C)(C)[C@@H]4CC[C@@]3(C)[C@]1(C)CC2. The summed E-state index contributed by atoms with van der Waals surface area (Å²) in [5.41, 5.74) is 1.93. The highest BCUT2D eigenvalue weighted by atomic mass is 16.5. The lowest BCUT2D eigenvalue weighted by Crippen LogP contribution is -2.65. The van der Waals surface area contributed by atoms with Crippen molar-refractivity contribution in [3.8, 4) is 6.07 Å². The highest BCUT2D eigenvalue weighted by Gasteiger charge is 2.73. The second kappa shape index (κ2) is 7.45. The largest absolute Gasteiger partial charge is 0.469 e. The molecule has 0 N–H and O–H groups in total. The predicted molar refractivity (Wildman–Crippen MR) is 136 cm³/mol. The monoisotopic (exact) mass is 479 g/mol. The molecule has 35 heavy (non-hydrogen) atoms. The molecule has 0 radical (unpaired) electrons. The quantitative estimate of drug-likeness (QED) is 0.404. The second-order valence-corrected chi connectivity index (χ2v) is 14.2. The molecule has 5 aliphatic carbocycles. The molecule has 0 bridgehead atoms. The summed E-state index contributed by atoms with van der Waals surface area (Å²) in [5, 5.41) is 10.4. The van der Waals surface area contributed by atoms with Gasteiger partial charge in [-0.25, -0.2) is 0 Å². The van der Waals surface area contributed by atoms with Crippen molar-refractivity contribution in [3.05, 3.63) is 11.1 Å². The van der Waals surface area contributed by atoms with E-state index in [0.29, 0.717) is 17.8 Å². The number of fused-ring (bicyclic) bond motifs is 7. The first-order chi connectivity index (χ1) is 16.3. The fourth-order valence-electron chi connectivity index (χ4n) is 11.5. The van der Waals surface area contributed by atoms with E-state index in [0.717, 1.165) is 50.5 Å². The maximum atomic E-state index is 13.3. The number of carbonyl (C=O) groups is 2. The average molecular weight is 480 g/mol. The third kappa shape index (κ3) is 2.69. The topological polar surface area (TPSA) is 67.2 Å². The number of Topliss-reactive ketones (excluding diaryl/α,β-unsaturated/α-hetero) is 1. The Hall–Kier alpha value is -1.63. The van der Waals surface area contributed by atoms with Crippen molar-refractivity contribution in [2.45, 2.75) is 99.8 Å². The molecular formula is C31H45NO3. The first-order valence-electron chi connectivity index (χ1n) is 14.0. The highest BCUT2D eigenvalue weighted by Crippen LogP contribution is 2.78. The third-order valence-electron chi connectivity index (χ3n) is 13.5. The van der Waals surface area contributed by atoms with Gasteiger partial charge in [-0.15, -0.1) is 0 Å². The number of allylic oxidation sites excluding steroid dienone is 2. The van der Waals surface area contributed by atoms with Crippen LogP contribution < -0.4 is 0 Å². The van der Waals surface area contributed by atoms with Crippen LogP contribution in [-0.2, 0) is 14.3 Å². The molecule has 4 nitrogen and oxygen atoms in total. The van der Waals surface area contributed by atoms with E-state index in [-0.39, 0.29) is 45.2 Å². The van der Waals surface area contributed by atoms with Gasteiger partial charge in [0.05, 0.1) is 18.6 Å². The minimum atomic E-state index is -0.497. The number of nitriles is 1. The maximum Gasteiger partial charge on any atom is 0.312 e. The molecule has 5 aliphatic rings. The molecule has 5 rings (SSSR count). The van der Waals surface area contributed by atoms with E-state index in [9.17, 15) is 14.9 Å². The van der Waals surface area contributed by atoms with E-state index in [4.69, 9.17) is 4.74 Å². The molecule has 0 aromatic rings. The summed E-state index contributed by atoms with van der Waals surface area (Å²) >= 11 is 0. The number of esters is 1.